The summed E-state index contributed by atoms with van der Waals surface area (Å²) in [6, 6.07) is 19.7. The average molecular weight is 430 g/mol. The largest absolute Gasteiger partial charge is 0.487 e. The summed E-state index contributed by atoms with van der Waals surface area (Å²) in [5.41, 5.74) is 4.70. The molecule has 0 saturated heterocycles. The zero-order chi connectivity index (χ0) is 21.2. The van der Waals surface area contributed by atoms with Crippen molar-refractivity contribution in [3.05, 3.63) is 95.4 Å². The minimum Gasteiger partial charge on any atom is -0.487 e. The molecule has 3 heterocycles. The molecule has 2 aromatic carbocycles. The molecule has 0 spiro atoms. The summed E-state index contributed by atoms with van der Waals surface area (Å²) >= 11 is 1.85. The standard InChI is InChI=1S/C25H23N3O2S/c1-17-9-10-24-26-19(15-28(24)14-17)16-30-20-6-4-5-18(13-20)25(29)27-22-11-12-31-23-8-3-2-7-21(22)23/h2-10,13-15,22H,11-12,16H2,1H3,(H,27,29). The Labute approximate surface area is 185 Å². The summed E-state index contributed by atoms with van der Waals surface area (Å²) in [6.45, 7) is 2.40. The fourth-order valence-corrected chi connectivity index (χ4v) is 4.97. The Morgan fingerprint density at radius 2 is 2.06 bits per heavy atom. The molecule has 5 rings (SSSR count). The second kappa shape index (κ2) is 8.47. The lowest BCUT2D eigenvalue weighted by Crippen LogP contribution is -2.30. The smallest absolute Gasteiger partial charge is 0.251 e. The van der Waals surface area contributed by atoms with E-state index < -0.39 is 0 Å². The molecule has 1 amide bonds. The van der Waals surface area contributed by atoms with Crippen LogP contribution in [0.5, 0.6) is 5.75 Å². The molecule has 0 saturated carbocycles. The van der Waals surface area contributed by atoms with Gasteiger partial charge in [-0.1, -0.05) is 30.3 Å². The van der Waals surface area contributed by atoms with Crippen molar-refractivity contribution in [1.29, 1.82) is 0 Å². The van der Waals surface area contributed by atoms with E-state index in [0.29, 0.717) is 17.9 Å². The number of rotatable bonds is 5. The van der Waals surface area contributed by atoms with Crippen LogP contribution in [-0.4, -0.2) is 21.0 Å². The van der Waals surface area contributed by atoms with Crippen molar-refractivity contribution in [2.45, 2.75) is 30.9 Å². The highest BCUT2D eigenvalue weighted by molar-refractivity contribution is 7.99. The molecule has 1 N–H and O–H groups in total. The van der Waals surface area contributed by atoms with Gasteiger partial charge in [0.1, 0.15) is 18.0 Å². The molecule has 1 aliphatic rings. The van der Waals surface area contributed by atoms with Gasteiger partial charge in [-0.2, -0.15) is 0 Å². The van der Waals surface area contributed by atoms with Gasteiger partial charge in [0.15, 0.2) is 0 Å². The number of nitrogens with one attached hydrogen (secondary N) is 1. The second-order valence-corrected chi connectivity index (χ2v) is 8.86. The molecular formula is C25H23N3O2S. The lowest BCUT2D eigenvalue weighted by atomic mass is 10.0. The van der Waals surface area contributed by atoms with E-state index in [-0.39, 0.29) is 11.9 Å². The van der Waals surface area contributed by atoms with Crippen LogP contribution in [0.25, 0.3) is 5.65 Å². The second-order valence-electron chi connectivity index (χ2n) is 7.72. The molecule has 1 unspecified atom stereocenters. The third-order valence-corrected chi connectivity index (χ3v) is 6.52. The van der Waals surface area contributed by atoms with E-state index in [0.717, 1.165) is 23.5 Å². The number of fused-ring (bicyclic) bond motifs is 2. The fourth-order valence-electron chi connectivity index (χ4n) is 3.84. The van der Waals surface area contributed by atoms with Gasteiger partial charge in [-0.05, 0) is 54.8 Å². The maximum atomic E-state index is 12.9. The van der Waals surface area contributed by atoms with Gasteiger partial charge in [-0.25, -0.2) is 4.98 Å². The van der Waals surface area contributed by atoms with E-state index in [1.54, 1.807) is 6.07 Å². The van der Waals surface area contributed by atoms with Crippen molar-refractivity contribution in [3.8, 4) is 5.75 Å². The van der Waals surface area contributed by atoms with E-state index in [4.69, 9.17) is 4.74 Å². The predicted octanol–water partition coefficient (Wildman–Crippen LogP) is 5.19. The van der Waals surface area contributed by atoms with Crippen LogP contribution in [-0.2, 0) is 6.61 Å². The number of pyridine rings is 1. The van der Waals surface area contributed by atoms with Gasteiger partial charge in [-0.15, -0.1) is 11.8 Å². The molecule has 0 aliphatic carbocycles. The molecule has 31 heavy (non-hydrogen) atoms. The number of ether oxygens (including phenoxy) is 1. The van der Waals surface area contributed by atoms with E-state index in [2.05, 4.69) is 29.4 Å². The van der Waals surface area contributed by atoms with Crippen molar-refractivity contribution in [2.24, 2.45) is 0 Å². The monoisotopic (exact) mass is 429 g/mol. The van der Waals surface area contributed by atoms with Gasteiger partial charge in [0.25, 0.3) is 5.91 Å². The summed E-state index contributed by atoms with van der Waals surface area (Å²) in [6.07, 6.45) is 4.94. The quantitative estimate of drug-likeness (QED) is 0.474. The van der Waals surface area contributed by atoms with Crippen molar-refractivity contribution >= 4 is 23.3 Å². The number of carbonyl (C=O) groups excluding carboxylic acids is 1. The topological polar surface area (TPSA) is 55.6 Å². The number of aromatic nitrogens is 2. The van der Waals surface area contributed by atoms with Crippen LogP contribution in [0.4, 0.5) is 0 Å². The van der Waals surface area contributed by atoms with E-state index in [9.17, 15) is 4.79 Å². The van der Waals surface area contributed by atoms with E-state index in [1.165, 1.54) is 16.0 Å². The summed E-state index contributed by atoms with van der Waals surface area (Å²) in [7, 11) is 0. The van der Waals surface area contributed by atoms with Crippen LogP contribution < -0.4 is 10.1 Å². The first-order valence-corrected chi connectivity index (χ1v) is 11.3. The summed E-state index contributed by atoms with van der Waals surface area (Å²) in [5, 5.41) is 3.19. The number of hydrogen-bond donors (Lipinski definition) is 1. The Bertz CT molecular complexity index is 1250. The fraction of sp³-hybridized carbons (Fsp3) is 0.200. The Hall–Kier alpha value is -3.25. The average Bonchev–Trinajstić information content (AvgIpc) is 3.20. The SMILES string of the molecule is Cc1ccc2nc(COc3cccc(C(=O)NC4CCSc5ccccc54)c3)cn2c1. The number of hydrogen-bond acceptors (Lipinski definition) is 4. The number of carbonyl (C=O) groups is 1. The number of imidazole rings is 1. The molecule has 5 nitrogen and oxygen atoms in total. The van der Waals surface area contributed by atoms with Crippen LogP contribution >= 0.6 is 11.8 Å². The summed E-state index contributed by atoms with van der Waals surface area (Å²) in [4.78, 5) is 18.7. The number of nitrogens with zero attached hydrogens (tertiary/aromatic N) is 2. The minimum atomic E-state index is -0.0830. The molecule has 2 aromatic heterocycles. The van der Waals surface area contributed by atoms with Crippen LogP contribution in [0.2, 0.25) is 0 Å². The van der Waals surface area contributed by atoms with Crippen molar-refractivity contribution < 1.29 is 9.53 Å². The third kappa shape index (κ3) is 4.30. The molecule has 6 heteroatoms. The van der Waals surface area contributed by atoms with Crippen LogP contribution in [0.1, 0.15) is 39.6 Å². The molecule has 4 aromatic rings. The highest BCUT2D eigenvalue weighted by Gasteiger charge is 2.22. The molecule has 0 radical (unpaired) electrons. The zero-order valence-electron chi connectivity index (χ0n) is 17.2. The lowest BCUT2D eigenvalue weighted by Gasteiger charge is -2.26. The molecular weight excluding hydrogens is 406 g/mol. The predicted molar refractivity (Wildman–Crippen MR) is 123 cm³/mol. The first-order chi connectivity index (χ1) is 15.2. The Kier molecular flexibility index (Phi) is 5.38. The van der Waals surface area contributed by atoms with Crippen LogP contribution in [0, 0.1) is 6.92 Å². The highest BCUT2D eigenvalue weighted by atomic mass is 32.2. The molecule has 0 bridgehead atoms. The van der Waals surface area contributed by atoms with Crippen molar-refractivity contribution in [3.63, 3.8) is 0 Å². The van der Waals surface area contributed by atoms with Crippen LogP contribution in [0.3, 0.4) is 0 Å². The number of thioether (sulfide) groups is 1. The van der Waals surface area contributed by atoms with Gasteiger partial charge < -0.3 is 14.5 Å². The van der Waals surface area contributed by atoms with Gasteiger partial charge in [0.2, 0.25) is 0 Å². The van der Waals surface area contributed by atoms with Crippen LogP contribution in [0.15, 0.2) is 78.0 Å². The number of amides is 1. The Morgan fingerprint density at radius 1 is 1.16 bits per heavy atom. The number of benzene rings is 2. The van der Waals surface area contributed by atoms with Gasteiger partial charge in [-0.3, -0.25) is 4.79 Å². The minimum absolute atomic E-state index is 0.0379. The first-order valence-electron chi connectivity index (χ1n) is 10.4. The van der Waals surface area contributed by atoms with E-state index >= 15 is 0 Å². The summed E-state index contributed by atoms with van der Waals surface area (Å²) in [5.74, 6) is 1.57. The number of aryl methyl sites for hydroxylation is 1. The maximum Gasteiger partial charge on any atom is 0.251 e. The molecule has 1 aliphatic heterocycles. The zero-order valence-corrected chi connectivity index (χ0v) is 18.1. The highest BCUT2D eigenvalue weighted by Crippen LogP contribution is 2.36. The van der Waals surface area contributed by atoms with Gasteiger partial charge >= 0.3 is 0 Å². The molecule has 0 fully saturated rings. The molecule has 1 atom stereocenters. The maximum absolute atomic E-state index is 12.9. The van der Waals surface area contributed by atoms with Gasteiger partial charge in [0.05, 0.1) is 11.7 Å². The third-order valence-electron chi connectivity index (χ3n) is 5.40. The van der Waals surface area contributed by atoms with Crippen molar-refractivity contribution in [2.75, 3.05) is 5.75 Å². The first kappa shape index (κ1) is 19.7. The Morgan fingerprint density at radius 3 is 3.00 bits per heavy atom. The molecule has 156 valence electrons. The normalized spacial score (nSPS) is 15.5. The van der Waals surface area contributed by atoms with Crippen molar-refractivity contribution in [1.82, 2.24) is 14.7 Å². The lowest BCUT2D eigenvalue weighted by molar-refractivity contribution is 0.0934. The summed E-state index contributed by atoms with van der Waals surface area (Å²) < 4.78 is 7.93. The van der Waals surface area contributed by atoms with E-state index in [1.807, 2.05) is 71.0 Å². The Balaban J connectivity index is 1.27. The van der Waals surface area contributed by atoms with Gasteiger partial charge in [0, 0.05) is 28.6 Å².